The number of anilines is 1. The molecule has 2 aromatic heterocycles. The average Bonchev–Trinajstić information content (AvgIpc) is 3.41. The third kappa shape index (κ3) is 3.54. The molecular weight excluding hydrogens is 398 g/mol. The maximum atomic E-state index is 13.1. The van der Waals surface area contributed by atoms with Gasteiger partial charge in [-0.25, -0.2) is 0 Å². The zero-order valence-corrected chi connectivity index (χ0v) is 17.1. The Kier molecular flexibility index (Phi) is 4.71. The van der Waals surface area contributed by atoms with Crippen molar-refractivity contribution in [1.82, 2.24) is 19.8 Å². The Bertz CT molecular complexity index is 1120. The van der Waals surface area contributed by atoms with Crippen LogP contribution in [0.4, 0.5) is 5.69 Å². The second kappa shape index (κ2) is 7.53. The predicted molar refractivity (Wildman–Crippen MR) is 118 cm³/mol. The molecule has 8 heteroatoms. The minimum absolute atomic E-state index is 0.0468. The summed E-state index contributed by atoms with van der Waals surface area (Å²) < 4.78 is 0. The Hall–Kier alpha value is -3.26. The number of aromatic nitrogens is 2. The number of carbonyl (C=O) groups is 2. The molecule has 1 saturated carbocycles. The van der Waals surface area contributed by atoms with E-state index in [1.807, 2.05) is 47.5 Å². The number of hydrogen-bond acceptors (Lipinski definition) is 4. The third-order valence-corrected chi connectivity index (χ3v) is 5.99. The summed E-state index contributed by atoms with van der Waals surface area (Å²) in [4.78, 5) is 36.8. The van der Waals surface area contributed by atoms with Crippen molar-refractivity contribution in [2.45, 2.75) is 37.9 Å². The number of thiocarbonyl (C=S) groups is 1. The van der Waals surface area contributed by atoms with Gasteiger partial charge in [-0.05, 0) is 60.3 Å². The van der Waals surface area contributed by atoms with E-state index in [1.165, 1.54) is 0 Å². The summed E-state index contributed by atoms with van der Waals surface area (Å²) in [6.45, 7) is 0.452. The fourth-order valence-corrected chi connectivity index (χ4v) is 4.34. The lowest BCUT2D eigenvalue weighted by Gasteiger charge is -2.23. The lowest BCUT2D eigenvalue weighted by atomic mass is 10.1. The van der Waals surface area contributed by atoms with Crippen LogP contribution >= 0.6 is 12.2 Å². The van der Waals surface area contributed by atoms with Crippen LogP contribution in [0.1, 0.15) is 24.8 Å². The van der Waals surface area contributed by atoms with Crippen molar-refractivity contribution >= 4 is 45.7 Å². The molecule has 30 heavy (non-hydrogen) atoms. The van der Waals surface area contributed by atoms with E-state index in [4.69, 9.17) is 12.2 Å². The van der Waals surface area contributed by atoms with E-state index in [2.05, 4.69) is 15.3 Å². The van der Waals surface area contributed by atoms with Crippen LogP contribution in [0, 0.1) is 0 Å². The number of pyridine rings is 1. The summed E-state index contributed by atoms with van der Waals surface area (Å²) in [5.41, 5.74) is 2.60. The summed E-state index contributed by atoms with van der Waals surface area (Å²) >= 11 is 5.63. The highest BCUT2D eigenvalue weighted by molar-refractivity contribution is 7.80. The number of rotatable bonds is 6. The Balaban J connectivity index is 1.34. The third-order valence-electron chi connectivity index (χ3n) is 5.56. The number of H-pyrrole nitrogens is 1. The summed E-state index contributed by atoms with van der Waals surface area (Å²) in [5.74, 6) is -0.294. The first-order valence-corrected chi connectivity index (χ1v) is 10.4. The number of amides is 2. The number of carbonyl (C=O) groups excluding carboxylic acids is 2. The van der Waals surface area contributed by atoms with Gasteiger partial charge in [0, 0.05) is 42.4 Å². The highest BCUT2D eigenvalue weighted by atomic mass is 32.1. The van der Waals surface area contributed by atoms with E-state index in [1.54, 1.807) is 17.3 Å². The number of fused-ring (bicyclic) bond motifs is 1. The van der Waals surface area contributed by atoms with Gasteiger partial charge in [-0.1, -0.05) is 12.1 Å². The highest BCUT2D eigenvalue weighted by Gasteiger charge is 2.48. The lowest BCUT2D eigenvalue weighted by Crippen LogP contribution is -2.37. The summed E-state index contributed by atoms with van der Waals surface area (Å²) in [6.07, 6.45) is 7.29. The summed E-state index contributed by atoms with van der Waals surface area (Å²) in [7, 11) is 0. The average molecular weight is 420 g/mol. The van der Waals surface area contributed by atoms with Gasteiger partial charge in [0.25, 0.3) is 5.91 Å². The van der Waals surface area contributed by atoms with Crippen molar-refractivity contribution < 1.29 is 9.59 Å². The Morgan fingerprint density at radius 2 is 2.13 bits per heavy atom. The quantitative estimate of drug-likeness (QED) is 0.600. The first kappa shape index (κ1) is 18.7. The van der Waals surface area contributed by atoms with Crippen LogP contribution in [-0.2, 0) is 16.1 Å². The molecule has 0 bridgehead atoms. The number of nitrogens with zero attached hydrogens (tertiary/aromatic N) is 3. The number of aromatic amines is 1. The van der Waals surface area contributed by atoms with Gasteiger partial charge in [0.15, 0.2) is 5.11 Å². The van der Waals surface area contributed by atoms with Gasteiger partial charge >= 0.3 is 0 Å². The fourth-order valence-electron chi connectivity index (χ4n) is 3.91. The monoisotopic (exact) mass is 419 g/mol. The van der Waals surface area contributed by atoms with Crippen molar-refractivity contribution in [3.05, 3.63) is 60.6 Å². The molecule has 1 unspecified atom stereocenters. The van der Waals surface area contributed by atoms with Crippen LogP contribution in [-0.4, -0.2) is 48.8 Å². The zero-order valence-electron chi connectivity index (χ0n) is 16.2. The van der Waals surface area contributed by atoms with E-state index in [0.717, 1.165) is 29.3 Å². The van der Waals surface area contributed by atoms with E-state index >= 15 is 0 Å². The molecule has 2 aliphatic rings. The molecule has 1 aromatic carbocycles. The first-order chi connectivity index (χ1) is 14.6. The maximum Gasteiger partial charge on any atom is 0.252 e. The molecule has 3 aromatic rings. The SMILES string of the molecule is O=C(CC1C(=O)N(C2CC2)C(=S)N1Cc1cccnc1)Nc1ccc2cc[nH]c2c1. The molecule has 5 rings (SSSR count). The van der Waals surface area contributed by atoms with Gasteiger partial charge in [-0.3, -0.25) is 19.5 Å². The molecule has 152 valence electrons. The number of nitrogens with one attached hydrogen (secondary N) is 2. The molecule has 1 saturated heterocycles. The smallest absolute Gasteiger partial charge is 0.252 e. The van der Waals surface area contributed by atoms with Crippen LogP contribution < -0.4 is 5.32 Å². The van der Waals surface area contributed by atoms with Crippen LogP contribution in [0.25, 0.3) is 10.9 Å². The molecule has 1 atom stereocenters. The van der Waals surface area contributed by atoms with E-state index in [0.29, 0.717) is 17.3 Å². The maximum absolute atomic E-state index is 13.1. The zero-order chi connectivity index (χ0) is 20.7. The van der Waals surface area contributed by atoms with Crippen LogP contribution in [0.3, 0.4) is 0 Å². The molecular formula is C22H21N5O2S. The highest BCUT2D eigenvalue weighted by Crippen LogP contribution is 2.34. The van der Waals surface area contributed by atoms with Crippen molar-refractivity contribution in [3.8, 4) is 0 Å². The standard InChI is InChI=1S/C22H21N5O2S/c28-20(25-16-4-3-15-7-9-24-18(15)10-16)11-19-21(29)27(17-5-6-17)22(30)26(19)13-14-2-1-8-23-12-14/h1-4,7-10,12,17,19,24H,5-6,11,13H2,(H,25,28). The Labute approximate surface area is 179 Å². The van der Waals surface area contributed by atoms with E-state index in [-0.39, 0.29) is 24.3 Å². The van der Waals surface area contributed by atoms with Crippen molar-refractivity contribution in [2.75, 3.05) is 5.32 Å². The van der Waals surface area contributed by atoms with Gasteiger partial charge in [0.2, 0.25) is 5.91 Å². The van der Waals surface area contributed by atoms with E-state index < -0.39 is 6.04 Å². The van der Waals surface area contributed by atoms with Gasteiger partial charge in [-0.2, -0.15) is 0 Å². The Morgan fingerprint density at radius 1 is 1.27 bits per heavy atom. The van der Waals surface area contributed by atoms with Gasteiger partial charge in [-0.15, -0.1) is 0 Å². The molecule has 2 fully saturated rings. The lowest BCUT2D eigenvalue weighted by molar-refractivity contribution is -0.131. The Morgan fingerprint density at radius 3 is 2.90 bits per heavy atom. The summed E-state index contributed by atoms with van der Waals surface area (Å²) in [5, 5.41) is 4.51. The van der Waals surface area contributed by atoms with Crippen LogP contribution in [0.2, 0.25) is 0 Å². The van der Waals surface area contributed by atoms with Crippen molar-refractivity contribution in [1.29, 1.82) is 0 Å². The molecule has 2 N–H and O–H groups in total. The van der Waals surface area contributed by atoms with Crippen LogP contribution in [0.5, 0.6) is 0 Å². The molecule has 0 spiro atoms. The van der Waals surface area contributed by atoms with Gasteiger partial charge in [0.1, 0.15) is 6.04 Å². The second-order valence-corrected chi connectivity index (χ2v) is 8.12. The molecule has 1 aliphatic carbocycles. The predicted octanol–water partition coefficient (Wildman–Crippen LogP) is 3.05. The minimum atomic E-state index is -0.604. The fraction of sp³-hybridized carbons (Fsp3) is 0.273. The summed E-state index contributed by atoms with van der Waals surface area (Å²) in [6, 6.07) is 11.0. The number of benzene rings is 1. The van der Waals surface area contributed by atoms with Crippen molar-refractivity contribution in [3.63, 3.8) is 0 Å². The molecule has 3 heterocycles. The molecule has 0 radical (unpaired) electrons. The van der Waals surface area contributed by atoms with Crippen LogP contribution in [0.15, 0.2) is 55.0 Å². The molecule has 2 amide bonds. The molecule has 7 nitrogen and oxygen atoms in total. The van der Waals surface area contributed by atoms with Crippen molar-refractivity contribution in [2.24, 2.45) is 0 Å². The minimum Gasteiger partial charge on any atom is -0.361 e. The number of hydrogen-bond donors (Lipinski definition) is 2. The van der Waals surface area contributed by atoms with E-state index in [9.17, 15) is 9.59 Å². The molecule has 1 aliphatic heterocycles. The second-order valence-electron chi connectivity index (χ2n) is 7.76. The van der Waals surface area contributed by atoms with Gasteiger partial charge in [0.05, 0.1) is 6.42 Å². The van der Waals surface area contributed by atoms with Gasteiger partial charge < -0.3 is 15.2 Å². The normalized spacial score (nSPS) is 19.0. The first-order valence-electron chi connectivity index (χ1n) is 10.00. The topological polar surface area (TPSA) is 81.3 Å². The largest absolute Gasteiger partial charge is 0.361 e.